The molecule has 2 heterocycles. The number of aliphatic hydroxyl groups is 1. The molecule has 1 aliphatic heterocycles. The number of sulfonamides is 1. The van der Waals surface area contributed by atoms with Crippen molar-refractivity contribution >= 4 is 20.8 Å². The topological polar surface area (TPSA) is 107 Å². The highest BCUT2D eigenvalue weighted by Gasteiger charge is 2.30. The van der Waals surface area contributed by atoms with Crippen molar-refractivity contribution in [3.63, 3.8) is 0 Å². The van der Waals surface area contributed by atoms with Gasteiger partial charge in [-0.2, -0.15) is 9.40 Å². The quantitative estimate of drug-likeness (QED) is 0.632. The monoisotopic (exact) mass is 428 g/mol. The Hall–Kier alpha value is -2.59. The van der Waals surface area contributed by atoms with Gasteiger partial charge in [-0.15, -0.1) is 0 Å². The number of aromatic amines is 1. The SMILES string of the molecule is Cc1ccc(-c2n[nH]c(=O)c3ccccc23)cc1S(=O)(=O)N1CCN(CCO)CC1. The Morgan fingerprint density at radius 1 is 1.07 bits per heavy atom. The molecule has 30 heavy (non-hydrogen) atoms. The van der Waals surface area contributed by atoms with Gasteiger partial charge in [0.25, 0.3) is 5.56 Å². The van der Waals surface area contributed by atoms with Crippen LogP contribution in [0.3, 0.4) is 0 Å². The number of hydrogen-bond donors (Lipinski definition) is 2. The van der Waals surface area contributed by atoms with Crippen LogP contribution >= 0.6 is 0 Å². The maximum atomic E-state index is 13.4. The Kier molecular flexibility index (Phi) is 5.70. The van der Waals surface area contributed by atoms with E-state index in [0.717, 1.165) is 0 Å². The minimum Gasteiger partial charge on any atom is -0.395 e. The molecule has 8 nitrogen and oxygen atoms in total. The molecule has 0 amide bonds. The lowest BCUT2D eigenvalue weighted by Crippen LogP contribution is -2.49. The first kappa shape index (κ1) is 20.7. The first-order chi connectivity index (χ1) is 14.4. The molecule has 0 unspecified atom stereocenters. The lowest BCUT2D eigenvalue weighted by atomic mass is 10.0. The van der Waals surface area contributed by atoms with E-state index < -0.39 is 10.0 Å². The first-order valence-corrected chi connectivity index (χ1v) is 11.3. The van der Waals surface area contributed by atoms with Crippen LogP contribution in [0, 0.1) is 6.92 Å². The number of rotatable bonds is 5. The standard InChI is InChI=1S/C21H24N4O4S/c1-15-6-7-16(20-17-4-2-3-5-18(17)21(27)23-22-20)14-19(15)30(28,29)25-10-8-24(9-11-25)12-13-26/h2-7,14,26H,8-13H2,1H3,(H,23,27). The normalized spacial score (nSPS) is 16.2. The van der Waals surface area contributed by atoms with E-state index in [1.54, 1.807) is 37.3 Å². The fourth-order valence-electron chi connectivity index (χ4n) is 3.83. The van der Waals surface area contributed by atoms with E-state index in [-0.39, 0.29) is 17.1 Å². The summed E-state index contributed by atoms with van der Waals surface area (Å²) in [5.74, 6) is 0. The molecule has 158 valence electrons. The van der Waals surface area contributed by atoms with Crippen molar-refractivity contribution in [2.45, 2.75) is 11.8 Å². The van der Waals surface area contributed by atoms with Gasteiger partial charge in [-0.05, 0) is 24.6 Å². The second-order valence-electron chi connectivity index (χ2n) is 7.40. The second kappa shape index (κ2) is 8.27. The number of nitrogens with zero attached hydrogens (tertiary/aromatic N) is 3. The third-order valence-corrected chi connectivity index (χ3v) is 7.56. The van der Waals surface area contributed by atoms with Gasteiger partial charge in [-0.25, -0.2) is 13.5 Å². The van der Waals surface area contributed by atoms with Crippen molar-refractivity contribution in [2.75, 3.05) is 39.3 Å². The van der Waals surface area contributed by atoms with Crippen LogP contribution in [-0.2, 0) is 10.0 Å². The van der Waals surface area contributed by atoms with Gasteiger partial charge < -0.3 is 5.11 Å². The third-order valence-electron chi connectivity index (χ3n) is 5.52. The van der Waals surface area contributed by atoms with E-state index in [4.69, 9.17) is 5.11 Å². The molecule has 3 aromatic rings. The van der Waals surface area contributed by atoms with Crippen molar-refractivity contribution < 1.29 is 13.5 Å². The predicted molar refractivity (Wildman–Crippen MR) is 115 cm³/mol. The van der Waals surface area contributed by atoms with E-state index >= 15 is 0 Å². The molecule has 1 saturated heterocycles. The highest BCUT2D eigenvalue weighted by Crippen LogP contribution is 2.29. The van der Waals surface area contributed by atoms with Crippen LogP contribution in [0.1, 0.15) is 5.56 Å². The zero-order chi connectivity index (χ0) is 21.3. The zero-order valence-corrected chi connectivity index (χ0v) is 17.5. The molecule has 0 radical (unpaired) electrons. The maximum Gasteiger partial charge on any atom is 0.272 e. The van der Waals surface area contributed by atoms with E-state index in [0.29, 0.717) is 60.3 Å². The Labute approximate surface area is 174 Å². The van der Waals surface area contributed by atoms with Crippen LogP contribution in [0.2, 0.25) is 0 Å². The Bertz CT molecular complexity index is 1230. The van der Waals surface area contributed by atoms with Crippen LogP contribution in [0.5, 0.6) is 0 Å². The van der Waals surface area contributed by atoms with Gasteiger partial charge in [-0.1, -0.05) is 30.3 Å². The predicted octanol–water partition coefficient (Wildman–Crippen LogP) is 1.20. The Balaban J connectivity index is 1.73. The van der Waals surface area contributed by atoms with Gasteiger partial charge in [0.2, 0.25) is 10.0 Å². The summed E-state index contributed by atoms with van der Waals surface area (Å²) in [6, 6.07) is 12.4. The van der Waals surface area contributed by atoms with E-state index in [1.165, 1.54) is 4.31 Å². The maximum absolute atomic E-state index is 13.4. The average Bonchev–Trinajstić information content (AvgIpc) is 2.75. The lowest BCUT2D eigenvalue weighted by Gasteiger charge is -2.33. The van der Waals surface area contributed by atoms with E-state index in [1.807, 2.05) is 17.0 Å². The molecule has 9 heteroatoms. The zero-order valence-electron chi connectivity index (χ0n) is 16.7. The van der Waals surface area contributed by atoms with Crippen molar-refractivity contribution in [1.29, 1.82) is 0 Å². The van der Waals surface area contributed by atoms with E-state index in [2.05, 4.69) is 10.2 Å². The molecule has 0 saturated carbocycles. The van der Waals surface area contributed by atoms with Crippen LogP contribution in [0.4, 0.5) is 0 Å². The van der Waals surface area contributed by atoms with Gasteiger partial charge >= 0.3 is 0 Å². The van der Waals surface area contributed by atoms with Gasteiger partial charge in [0.1, 0.15) is 0 Å². The number of benzene rings is 2. The molecule has 2 aromatic carbocycles. The van der Waals surface area contributed by atoms with Crippen LogP contribution in [-0.4, -0.2) is 72.3 Å². The molecule has 0 atom stereocenters. The minimum atomic E-state index is -3.68. The fourth-order valence-corrected chi connectivity index (χ4v) is 5.51. The lowest BCUT2D eigenvalue weighted by molar-refractivity contribution is 0.151. The number of hydrogen-bond acceptors (Lipinski definition) is 6. The molecule has 4 rings (SSSR count). The van der Waals surface area contributed by atoms with Crippen molar-refractivity contribution in [1.82, 2.24) is 19.4 Å². The summed E-state index contributed by atoms with van der Waals surface area (Å²) in [6.45, 7) is 4.32. The van der Waals surface area contributed by atoms with E-state index in [9.17, 15) is 13.2 Å². The summed E-state index contributed by atoms with van der Waals surface area (Å²) in [6.07, 6.45) is 0. The van der Waals surface area contributed by atoms with Crippen molar-refractivity contribution in [3.8, 4) is 11.3 Å². The van der Waals surface area contributed by atoms with Crippen LogP contribution in [0.15, 0.2) is 52.2 Å². The molecule has 0 aliphatic carbocycles. The van der Waals surface area contributed by atoms with Crippen molar-refractivity contribution in [3.05, 3.63) is 58.4 Å². The highest BCUT2D eigenvalue weighted by molar-refractivity contribution is 7.89. The number of aromatic nitrogens is 2. The summed E-state index contributed by atoms with van der Waals surface area (Å²) in [7, 11) is -3.68. The largest absolute Gasteiger partial charge is 0.395 e. The Morgan fingerprint density at radius 3 is 2.47 bits per heavy atom. The number of H-pyrrole nitrogens is 1. The van der Waals surface area contributed by atoms with Crippen molar-refractivity contribution in [2.24, 2.45) is 0 Å². The molecule has 1 aliphatic rings. The van der Waals surface area contributed by atoms with Gasteiger partial charge in [0, 0.05) is 43.7 Å². The molecule has 1 fully saturated rings. The third kappa shape index (κ3) is 3.77. The fraction of sp³-hybridized carbons (Fsp3) is 0.333. The molecule has 0 spiro atoms. The number of aliphatic hydroxyl groups excluding tert-OH is 1. The van der Waals surface area contributed by atoms with Crippen LogP contribution < -0.4 is 5.56 Å². The van der Waals surface area contributed by atoms with Gasteiger partial charge in [0.15, 0.2) is 0 Å². The Morgan fingerprint density at radius 2 is 1.77 bits per heavy atom. The minimum absolute atomic E-state index is 0.0635. The summed E-state index contributed by atoms with van der Waals surface area (Å²) in [4.78, 5) is 14.4. The summed E-state index contributed by atoms with van der Waals surface area (Å²) in [5, 5.41) is 17.0. The van der Waals surface area contributed by atoms with Crippen LogP contribution in [0.25, 0.3) is 22.0 Å². The number of fused-ring (bicyclic) bond motifs is 1. The highest BCUT2D eigenvalue weighted by atomic mass is 32.2. The smallest absolute Gasteiger partial charge is 0.272 e. The van der Waals surface area contributed by atoms with Gasteiger partial charge in [0.05, 0.1) is 22.6 Å². The molecule has 0 bridgehead atoms. The second-order valence-corrected chi connectivity index (χ2v) is 9.30. The summed E-state index contributed by atoms with van der Waals surface area (Å²) < 4.78 is 28.2. The molecule has 1 aromatic heterocycles. The number of nitrogens with one attached hydrogen (secondary N) is 1. The molecule has 2 N–H and O–H groups in total. The summed E-state index contributed by atoms with van der Waals surface area (Å²) in [5.41, 5.74) is 1.54. The number of piperazine rings is 1. The first-order valence-electron chi connectivity index (χ1n) is 9.83. The number of β-amino-alcohol motifs (C(OH)–C–C–N with tert-alkyl or cyclic N) is 1. The molecular formula is C21H24N4O4S. The van der Waals surface area contributed by atoms with Gasteiger partial charge in [-0.3, -0.25) is 9.69 Å². The average molecular weight is 429 g/mol. The molecular weight excluding hydrogens is 404 g/mol. The summed E-state index contributed by atoms with van der Waals surface area (Å²) >= 11 is 0. The number of aryl methyl sites for hydroxylation is 1.